The van der Waals surface area contributed by atoms with E-state index in [-0.39, 0.29) is 39.8 Å². The maximum Gasteiger partial charge on any atom is 0.326 e. The molecule has 0 unspecified atom stereocenters. The first-order valence-corrected chi connectivity index (χ1v) is 12.6. The third-order valence-corrected chi connectivity index (χ3v) is 7.39. The highest BCUT2D eigenvalue weighted by molar-refractivity contribution is 7.89. The highest BCUT2D eigenvalue weighted by Gasteiger charge is 2.29. The molecule has 3 N–H and O–H groups in total. The van der Waals surface area contributed by atoms with E-state index in [1.165, 1.54) is 30.7 Å². The summed E-state index contributed by atoms with van der Waals surface area (Å²) in [5.41, 5.74) is 0.815. The number of carbonyl (C=O) groups excluding carboxylic acids is 1. The zero-order valence-corrected chi connectivity index (χ0v) is 19.8. The van der Waals surface area contributed by atoms with Crippen molar-refractivity contribution in [3.05, 3.63) is 58.6 Å². The molecule has 178 valence electrons. The minimum Gasteiger partial charge on any atom is -0.483 e. The van der Waals surface area contributed by atoms with Gasteiger partial charge in [0.1, 0.15) is 16.7 Å². The fourth-order valence-electron chi connectivity index (χ4n) is 3.78. The Labute approximate surface area is 198 Å². The molecule has 0 spiro atoms. The van der Waals surface area contributed by atoms with Crippen molar-refractivity contribution < 1.29 is 27.9 Å². The summed E-state index contributed by atoms with van der Waals surface area (Å²) in [6.45, 7) is 1.40. The van der Waals surface area contributed by atoms with Crippen LogP contribution in [0.3, 0.4) is 0 Å². The normalized spacial score (nSPS) is 15.6. The molecular formula is C23H27ClN2O6S. The lowest BCUT2D eigenvalue weighted by Crippen LogP contribution is -2.39. The molecule has 1 amide bonds. The number of aryl methyl sites for hydroxylation is 1. The van der Waals surface area contributed by atoms with Crippen LogP contribution in [0.4, 0.5) is 0 Å². The number of ether oxygens (including phenoxy) is 1. The third-order valence-electron chi connectivity index (χ3n) is 5.50. The van der Waals surface area contributed by atoms with Gasteiger partial charge in [-0.05, 0) is 37.0 Å². The van der Waals surface area contributed by atoms with Crippen LogP contribution in [-0.2, 0) is 19.6 Å². The molecule has 0 heterocycles. The van der Waals surface area contributed by atoms with Gasteiger partial charge in [0.15, 0.2) is 6.61 Å². The molecule has 8 nitrogen and oxygen atoms in total. The van der Waals surface area contributed by atoms with Crippen LogP contribution in [0.2, 0.25) is 5.02 Å². The molecule has 1 atom stereocenters. The number of nitrogens with one attached hydrogen (secondary N) is 2. The van der Waals surface area contributed by atoms with Crippen molar-refractivity contribution in [2.24, 2.45) is 0 Å². The number of hydrogen-bond donors (Lipinski definition) is 3. The number of rotatable bonds is 9. The SMILES string of the molecule is Cc1cc(Cl)c(S(=O)(=O)N[C@@H](C(=O)O)c2ccccc2)cc1OCC(=O)NC1CCCCC1. The Morgan fingerprint density at radius 2 is 1.82 bits per heavy atom. The second kappa shape index (κ2) is 11.0. The molecule has 1 aliphatic rings. The topological polar surface area (TPSA) is 122 Å². The van der Waals surface area contributed by atoms with Crippen LogP contribution in [-0.4, -0.2) is 38.0 Å². The fraction of sp³-hybridized carbons (Fsp3) is 0.391. The fourth-order valence-corrected chi connectivity index (χ4v) is 5.56. The van der Waals surface area contributed by atoms with Crippen molar-refractivity contribution in [3.8, 4) is 5.75 Å². The van der Waals surface area contributed by atoms with E-state index in [1.807, 2.05) is 0 Å². The van der Waals surface area contributed by atoms with Crippen LogP contribution in [0.15, 0.2) is 47.4 Å². The number of hydrogen-bond acceptors (Lipinski definition) is 5. The molecule has 10 heteroatoms. The van der Waals surface area contributed by atoms with Gasteiger partial charge in [0.2, 0.25) is 10.0 Å². The first-order valence-electron chi connectivity index (χ1n) is 10.7. The quantitative estimate of drug-likeness (QED) is 0.489. The Morgan fingerprint density at radius 3 is 2.45 bits per heavy atom. The lowest BCUT2D eigenvalue weighted by Gasteiger charge is -2.23. The lowest BCUT2D eigenvalue weighted by atomic mass is 9.95. The van der Waals surface area contributed by atoms with E-state index < -0.39 is 22.0 Å². The van der Waals surface area contributed by atoms with E-state index in [1.54, 1.807) is 25.1 Å². The first kappa shape index (κ1) is 25.0. The number of benzene rings is 2. The zero-order valence-electron chi connectivity index (χ0n) is 18.2. The molecule has 0 aromatic heterocycles. The van der Waals surface area contributed by atoms with Crippen molar-refractivity contribution in [1.82, 2.24) is 10.0 Å². The van der Waals surface area contributed by atoms with Gasteiger partial charge in [0.25, 0.3) is 5.91 Å². The molecule has 1 fully saturated rings. The Bertz CT molecular complexity index is 1100. The number of aliphatic carboxylic acids is 1. The molecule has 0 radical (unpaired) electrons. The van der Waals surface area contributed by atoms with Crippen LogP contribution in [0.5, 0.6) is 5.75 Å². The summed E-state index contributed by atoms with van der Waals surface area (Å²) in [6, 6.07) is 9.19. The maximum absolute atomic E-state index is 13.0. The molecule has 2 aromatic carbocycles. The highest BCUT2D eigenvalue weighted by Crippen LogP contribution is 2.31. The molecule has 0 saturated heterocycles. The van der Waals surface area contributed by atoms with E-state index in [0.29, 0.717) is 5.56 Å². The van der Waals surface area contributed by atoms with Gasteiger partial charge in [-0.3, -0.25) is 9.59 Å². The first-order chi connectivity index (χ1) is 15.7. The number of halogens is 1. The molecule has 3 rings (SSSR count). The summed E-state index contributed by atoms with van der Waals surface area (Å²) < 4.78 is 33.8. The van der Waals surface area contributed by atoms with E-state index in [9.17, 15) is 23.1 Å². The number of carbonyl (C=O) groups is 2. The second-order valence-corrected chi connectivity index (χ2v) is 10.1. The zero-order chi connectivity index (χ0) is 24.0. The summed E-state index contributed by atoms with van der Waals surface area (Å²) in [5, 5.41) is 12.4. The monoisotopic (exact) mass is 494 g/mol. The van der Waals surface area contributed by atoms with Gasteiger partial charge >= 0.3 is 5.97 Å². The van der Waals surface area contributed by atoms with E-state index in [2.05, 4.69) is 10.0 Å². The van der Waals surface area contributed by atoms with Gasteiger partial charge in [0.05, 0.1) is 5.02 Å². The van der Waals surface area contributed by atoms with Gasteiger partial charge in [-0.1, -0.05) is 61.2 Å². The summed E-state index contributed by atoms with van der Waals surface area (Å²) in [4.78, 5) is 23.7. The minimum absolute atomic E-state index is 0.0868. The number of amides is 1. The predicted molar refractivity (Wildman–Crippen MR) is 124 cm³/mol. The molecular weight excluding hydrogens is 468 g/mol. The van der Waals surface area contributed by atoms with Gasteiger partial charge in [-0.2, -0.15) is 4.72 Å². The average Bonchev–Trinajstić information content (AvgIpc) is 2.78. The number of carboxylic acid groups (broad SMARTS) is 1. The van der Waals surface area contributed by atoms with Crippen molar-refractivity contribution in [1.29, 1.82) is 0 Å². The molecule has 0 bridgehead atoms. The Hall–Kier alpha value is -2.62. The van der Waals surface area contributed by atoms with Crippen LogP contribution in [0.25, 0.3) is 0 Å². The molecule has 2 aromatic rings. The van der Waals surface area contributed by atoms with Gasteiger partial charge in [-0.15, -0.1) is 0 Å². The lowest BCUT2D eigenvalue weighted by molar-refractivity contribution is -0.139. The summed E-state index contributed by atoms with van der Waals surface area (Å²) in [6.07, 6.45) is 5.20. The third kappa shape index (κ3) is 6.69. The van der Waals surface area contributed by atoms with E-state index in [4.69, 9.17) is 16.3 Å². The molecule has 33 heavy (non-hydrogen) atoms. The number of carboxylic acids is 1. The van der Waals surface area contributed by atoms with Crippen molar-refractivity contribution in [2.45, 2.75) is 56.0 Å². The molecule has 1 aliphatic carbocycles. The predicted octanol–water partition coefficient (Wildman–Crippen LogP) is 3.58. The highest BCUT2D eigenvalue weighted by atomic mass is 35.5. The minimum atomic E-state index is -4.33. The van der Waals surface area contributed by atoms with Crippen molar-refractivity contribution in [2.75, 3.05) is 6.61 Å². The van der Waals surface area contributed by atoms with Crippen molar-refractivity contribution in [3.63, 3.8) is 0 Å². The molecule has 1 saturated carbocycles. The van der Waals surface area contributed by atoms with Gasteiger partial charge in [-0.25, -0.2) is 8.42 Å². The average molecular weight is 495 g/mol. The van der Waals surface area contributed by atoms with Gasteiger partial charge in [0, 0.05) is 12.1 Å². The number of sulfonamides is 1. The standard InChI is InChI=1S/C23H27ClN2O6S/c1-15-12-18(24)20(13-19(15)32-14-21(27)25-17-10-6-3-7-11-17)33(30,31)26-22(23(28)29)16-8-4-2-5-9-16/h2,4-5,8-9,12-13,17,22,26H,3,6-7,10-11,14H2,1H3,(H,25,27)(H,28,29)/t22-/m1/s1. The van der Waals surface area contributed by atoms with E-state index in [0.717, 1.165) is 25.7 Å². The summed E-state index contributed by atoms with van der Waals surface area (Å²) in [7, 11) is -4.33. The summed E-state index contributed by atoms with van der Waals surface area (Å²) in [5.74, 6) is -1.47. The smallest absolute Gasteiger partial charge is 0.326 e. The Morgan fingerprint density at radius 1 is 1.15 bits per heavy atom. The Kier molecular flexibility index (Phi) is 8.34. The Balaban J connectivity index is 1.76. The van der Waals surface area contributed by atoms with Crippen LogP contribution in [0.1, 0.15) is 49.3 Å². The molecule has 0 aliphatic heterocycles. The van der Waals surface area contributed by atoms with E-state index >= 15 is 0 Å². The largest absolute Gasteiger partial charge is 0.483 e. The van der Waals surface area contributed by atoms with Crippen LogP contribution < -0.4 is 14.8 Å². The van der Waals surface area contributed by atoms with Crippen LogP contribution >= 0.6 is 11.6 Å². The van der Waals surface area contributed by atoms with Crippen LogP contribution in [0, 0.1) is 6.92 Å². The summed E-state index contributed by atoms with van der Waals surface area (Å²) >= 11 is 6.19. The van der Waals surface area contributed by atoms with Crippen molar-refractivity contribution >= 4 is 33.5 Å². The second-order valence-electron chi connectivity index (χ2n) is 8.04. The maximum atomic E-state index is 13.0. The van der Waals surface area contributed by atoms with Gasteiger partial charge < -0.3 is 15.2 Å².